The summed E-state index contributed by atoms with van der Waals surface area (Å²) in [6.07, 6.45) is 4.29. The molecule has 1 saturated heterocycles. The van der Waals surface area contributed by atoms with Gasteiger partial charge in [-0.1, -0.05) is 26.0 Å². The van der Waals surface area contributed by atoms with Crippen LogP contribution >= 0.6 is 0 Å². The monoisotopic (exact) mass is 285 g/mol. The highest BCUT2D eigenvalue weighted by molar-refractivity contribution is 5.64. The van der Waals surface area contributed by atoms with Crippen molar-refractivity contribution < 1.29 is 4.74 Å². The molecule has 2 heterocycles. The van der Waals surface area contributed by atoms with Crippen LogP contribution in [0.25, 0.3) is 11.3 Å². The second kappa shape index (κ2) is 6.31. The standard InChI is InChI=1S/C17H23N3O/c1-12(2)17-11-15(7-9-21-17)19-14-5-3-4-13(10-14)16-6-8-18-20-16/h3-6,8,10,12,15,17,19H,7,9,11H2,1-2H3,(H,18,20). The summed E-state index contributed by atoms with van der Waals surface area (Å²) in [5.74, 6) is 0.575. The summed E-state index contributed by atoms with van der Waals surface area (Å²) in [6, 6.07) is 11.0. The van der Waals surface area contributed by atoms with Gasteiger partial charge in [-0.05, 0) is 37.0 Å². The third-order valence-corrected chi connectivity index (χ3v) is 4.10. The van der Waals surface area contributed by atoms with Crippen LogP contribution in [0, 0.1) is 5.92 Å². The summed E-state index contributed by atoms with van der Waals surface area (Å²) in [5.41, 5.74) is 3.37. The maximum absolute atomic E-state index is 5.84. The Kier molecular flexibility index (Phi) is 4.25. The number of nitrogens with zero attached hydrogens (tertiary/aromatic N) is 1. The molecule has 0 amide bonds. The number of aromatic amines is 1. The SMILES string of the molecule is CC(C)C1CC(Nc2cccc(-c3ccn[nH]3)c2)CCO1. The number of aromatic nitrogens is 2. The molecule has 0 saturated carbocycles. The summed E-state index contributed by atoms with van der Waals surface area (Å²) >= 11 is 0. The molecule has 1 aromatic heterocycles. The molecular weight excluding hydrogens is 262 g/mol. The first-order valence-electron chi connectivity index (χ1n) is 7.70. The Labute approximate surface area is 125 Å². The fraction of sp³-hybridized carbons (Fsp3) is 0.471. The first-order valence-corrected chi connectivity index (χ1v) is 7.70. The van der Waals surface area contributed by atoms with Gasteiger partial charge in [0.2, 0.25) is 0 Å². The second-order valence-corrected chi connectivity index (χ2v) is 6.07. The van der Waals surface area contributed by atoms with Gasteiger partial charge in [0.05, 0.1) is 11.8 Å². The Morgan fingerprint density at radius 2 is 2.24 bits per heavy atom. The molecule has 1 fully saturated rings. The van der Waals surface area contributed by atoms with Crippen molar-refractivity contribution in [3.05, 3.63) is 36.5 Å². The average Bonchev–Trinajstić information content (AvgIpc) is 3.02. The lowest BCUT2D eigenvalue weighted by molar-refractivity contribution is -0.0160. The van der Waals surface area contributed by atoms with E-state index in [1.54, 1.807) is 6.20 Å². The summed E-state index contributed by atoms with van der Waals surface area (Å²) in [4.78, 5) is 0. The zero-order valence-electron chi connectivity index (χ0n) is 12.7. The van der Waals surface area contributed by atoms with Gasteiger partial charge in [-0.3, -0.25) is 5.10 Å². The highest BCUT2D eigenvalue weighted by Gasteiger charge is 2.24. The molecule has 2 unspecified atom stereocenters. The minimum atomic E-state index is 0.368. The number of H-pyrrole nitrogens is 1. The van der Waals surface area contributed by atoms with Gasteiger partial charge >= 0.3 is 0 Å². The van der Waals surface area contributed by atoms with Crippen LogP contribution in [0.5, 0.6) is 0 Å². The topological polar surface area (TPSA) is 49.9 Å². The first-order chi connectivity index (χ1) is 10.2. The van der Waals surface area contributed by atoms with Crippen LogP contribution in [-0.2, 0) is 4.74 Å². The molecular formula is C17H23N3O. The molecule has 0 bridgehead atoms. The van der Waals surface area contributed by atoms with Gasteiger partial charge in [-0.15, -0.1) is 0 Å². The fourth-order valence-electron chi connectivity index (χ4n) is 2.85. The maximum atomic E-state index is 5.84. The highest BCUT2D eigenvalue weighted by Crippen LogP contribution is 2.25. The van der Waals surface area contributed by atoms with E-state index in [0.29, 0.717) is 18.1 Å². The van der Waals surface area contributed by atoms with Gasteiger partial charge < -0.3 is 10.1 Å². The lowest BCUT2D eigenvalue weighted by Crippen LogP contribution is -2.36. The fourth-order valence-corrected chi connectivity index (χ4v) is 2.85. The van der Waals surface area contributed by atoms with E-state index in [1.165, 1.54) is 0 Å². The summed E-state index contributed by atoms with van der Waals surface area (Å²) in [7, 11) is 0. The Morgan fingerprint density at radius 1 is 1.33 bits per heavy atom. The number of benzene rings is 1. The quantitative estimate of drug-likeness (QED) is 0.900. The average molecular weight is 285 g/mol. The van der Waals surface area contributed by atoms with Crippen molar-refractivity contribution in [3.63, 3.8) is 0 Å². The van der Waals surface area contributed by atoms with Crippen molar-refractivity contribution in [1.82, 2.24) is 10.2 Å². The zero-order chi connectivity index (χ0) is 14.7. The number of nitrogens with one attached hydrogen (secondary N) is 2. The molecule has 4 heteroatoms. The molecule has 1 aliphatic rings. The molecule has 4 nitrogen and oxygen atoms in total. The maximum Gasteiger partial charge on any atom is 0.0650 e. The molecule has 1 aromatic carbocycles. The van der Waals surface area contributed by atoms with Crippen molar-refractivity contribution in [1.29, 1.82) is 0 Å². The van der Waals surface area contributed by atoms with E-state index in [9.17, 15) is 0 Å². The van der Waals surface area contributed by atoms with Crippen molar-refractivity contribution in [2.24, 2.45) is 5.92 Å². The van der Waals surface area contributed by atoms with Gasteiger partial charge in [0.25, 0.3) is 0 Å². The van der Waals surface area contributed by atoms with Gasteiger partial charge in [0, 0.05) is 30.1 Å². The molecule has 0 radical (unpaired) electrons. The number of hydrogen-bond donors (Lipinski definition) is 2. The van der Waals surface area contributed by atoms with Gasteiger partial charge in [0.1, 0.15) is 0 Å². The molecule has 1 aliphatic heterocycles. The lowest BCUT2D eigenvalue weighted by atomic mass is 9.95. The van der Waals surface area contributed by atoms with Crippen LogP contribution in [0.1, 0.15) is 26.7 Å². The summed E-state index contributed by atoms with van der Waals surface area (Å²) in [5, 5.41) is 10.7. The Bertz CT molecular complexity index is 565. The van der Waals surface area contributed by atoms with E-state index in [2.05, 4.69) is 53.6 Å². The number of anilines is 1. The van der Waals surface area contributed by atoms with Crippen LogP contribution in [0.15, 0.2) is 36.5 Å². The van der Waals surface area contributed by atoms with E-state index in [4.69, 9.17) is 4.74 Å². The summed E-state index contributed by atoms with van der Waals surface area (Å²) in [6.45, 7) is 5.30. The Morgan fingerprint density at radius 3 is 3.00 bits per heavy atom. The molecule has 3 rings (SSSR count). The van der Waals surface area contributed by atoms with Crippen molar-refractivity contribution >= 4 is 5.69 Å². The molecule has 2 N–H and O–H groups in total. The van der Waals surface area contributed by atoms with Crippen molar-refractivity contribution in [2.45, 2.75) is 38.8 Å². The van der Waals surface area contributed by atoms with Crippen LogP contribution in [0.2, 0.25) is 0 Å². The number of hydrogen-bond acceptors (Lipinski definition) is 3. The third kappa shape index (κ3) is 3.45. The van der Waals surface area contributed by atoms with Crippen molar-refractivity contribution in [2.75, 3.05) is 11.9 Å². The third-order valence-electron chi connectivity index (χ3n) is 4.10. The predicted octanol–water partition coefficient (Wildman–Crippen LogP) is 3.69. The second-order valence-electron chi connectivity index (χ2n) is 6.07. The van der Waals surface area contributed by atoms with E-state index in [0.717, 1.165) is 36.4 Å². The smallest absolute Gasteiger partial charge is 0.0650 e. The highest BCUT2D eigenvalue weighted by atomic mass is 16.5. The van der Waals surface area contributed by atoms with Gasteiger partial charge in [0.15, 0.2) is 0 Å². The van der Waals surface area contributed by atoms with Crippen molar-refractivity contribution in [3.8, 4) is 11.3 Å². The predicted molar refractivity (Wildman–Crippen MR) is 85.2 cm³/mol. The molecule has 2 atom stereocenters. The van der Waals surface area contributed by atoms with Gasteiger partial charge in [-0.2, -0.15) is 5.10 Å². The summed E-state index contributed by atoms with van der Waals surface area (Å²) < 4.78 is 5.84. The lowest BCUT2D eigenvalue weighted by Gasteiger charge is -2.33. The van der Waals surface area contributed by atoms with Crippen LogP contribution in [-0.4, -0.2) is 29.0 Å². The largest absolute Gasteiger partial charge is 0.382 e. The van der Waals surface area contributed by atoms with E-state index < -0.39 is 0 Å². The molecule has 0 aliphatic carbocycles. The van der Waals surface area contributed by atoms with Crippen LogP contribution < -0.4 is 5.32 Å². The Balaban J connectivity index is 1.69. The Hall–Kier alpha value is -1.81. The molecule has 21 heavy (non-hydrogen) atoms. The minimum Gasteiger partial charge on any atom is -0.382 e. The molecule has 112 valence electrons. The van der Waals surface area contributed by atoms with E-state index in [-0.39, 0.29) is 0 Å². The van der Waals surface area contributed by atoms with Crippen LogP contribution in [0.3, 0.4) is 0 Å². The van der Waals surface area contributed by atoms with Crippen LogP contribution in [0.4, 0.5) is 5.69 Å². The number of rotatable bonds is 4. The molecule has 2 aromatic rings. The van der Waals surface area contributed by atoms with E-state index >= 15 is 0 Å². The molecule has 0 spiro atoms. The minimum absolute atomic E-state index is 0.368. The zero-order valence-corrected chi connectivity index (χ0v) is 12.7. The first kappa shape index (κ1) is 14.1. The van der Waals surface area contributed by atoms with Gasteiger partial charge in [-0.25, -0.2) is 0 Å². The normalized spacial score (nSPS) is 22.4. The number of ether oxygens (including phenoxy) is 1. The van der Waals surface area contributed by atoms with E-state index in [1.807, 2.05) is 6.07 Å².